The number of aliphatic hydroxyl groups is 1. The summed E-state index contributed by atoms with van der Waals surface area (Å²) < 4.78 is 0. The summed E-state index contributed by atoms with van der Waals surface area (Å²) in [4.78, 5) is 2.44. The first kappa shape index (κ1) is 16.0. The lowest BCUT2D eigenvalue weighted by atomic mass is 10.1. The number of anilines is 1. The molecule has 0 aliphatic rings. The summed E-state index contributed by atoms with van der Waals surface area (Å²) in [6.45, 7) is 5.34. The molecule has 0 unspecified atom stereocenters. The van der Waals surface area contributed by atoms with Crippen molar-refractivity contribution in [2.45, 2.75) is 45.6 Å². The van der Waals surface area contributed by atoms with Gasteiger partial charge < -0.3 is 15.7 Å². The maximum Gasteiger partial charge on any atom is 0.0431 e. The van der Waals surface area contributed by atoms with Gasteiger partial charge in [0.05, 0.1) is 0 Å². The zero-order valence-corrected chi connectivity index (χ0v) is 12.1. The number of hydrogen-bond acceptors (Lipinski definition) is 3. The minimum Gasteiger partial charge on any atom is -0.396 e. The normalized spacial score (nSPS) is 10.7. The van der Waals surface area contributed by atoms with E-state index in [4.69, 9.17) is 10.8 Å². The highest BCUT2D eigenvalue weighted by Gasteiger charge is 2.05. The van der Waals surface area contributed by atoms with Gasteiger partial charge in [-0.05, 0) is 37.0 Å². The third kappa shape index (κ3) is 6.08. The second-order valence-corrected chi connectivity index (χ2v) is 5.00. The molecule has 108 valence electrons. The maximum absolute atomic E-state index is 8.77. The highest BCUT2D eigenvalue weighted by atomic mass is 16.2. The van der Waals surface area contributed by atoms with Crippen LogP contribution in [0.15, 0.2) is 24.3 Å². The Morgan fingerprint density at radius 3 is 2.26 bits per heavy atom. The van der Waals surface area contributed by atoms with Crippen molar-refractivity contribution < 1.29 is 5.11 Å². The molecule has 0 saturated heterocycles. The Morgan fingerprint density at radius 2 is 1.68 bits per heavy atom. The lowest BCUT2D eigenvalue weighted by Gasteiger charge is -2.24. The van der Waals surface area contributed by atoms with Gasteiger partial charge in [0.1, 0.15) is 0 Å². The van der Waals surface area contributed by atoms with E-state index in [1.54, 1.807) is 0 Å². The van der Waals surface area contributed by atoms with Gasteiger partial charge in [0.15, 0.2) is 0 Å². The number of nitrogens with zero attached hydrogens (tertiary/aromatic N) is 1. The summed E-state index contributed by atoms with van der Waals surface area (Å²) in [7, 11) is 0. The van der Waals surface area contributed by atoms with Crippen LogP contribution < -0.4 is 10.6 Å². The number of unbranched alkanes of at least 4 members (excludes halogenated alkanes) is 3. The third-order valence-electron chi connectivity index (χ3n) is 3.37. The Labute approximate surface area is 117 Å². The van der Waals surface area contributed by atoms with Crippen LogP contribution in [0.3, 0.4) is 0 Å². The highest BCUT2D eigenvalue weighted by Crippen LogP contribution is 2.17. The van der Waals surface area contributed by atoms with Crippen molar-refractivity contribution in [1.82, 2.24) is 0 Å². The summed E-state index contributed by atoms with van der Waals surface area (Å²) in [5.41, 5.74) is 8.10. The van der Waals surface area contributed by atoms with E-state index in [0.29, 0.717) is 13.2 Å². The first-order valence-electron chi connectivity index (χ1n) is 7.46. The lowest BCUT2D eigenvalue weighted by molar-refractivity contribution is 0.282. The molecule has 0 amide bonds. The molecule has 1 aromatic rings. The number of hydrogen-bond donors (Lipinski definition) is 2. The van der Waals surface area contributed by atoms with Gasteiger partial charge in [-0.3, -0.25) is 0 Å². The summed E-state index contributed by atoms with van der Waals surface area (Å²) >= 11 is 0. The van der Waals surface area contributed by atoms with E-state index in [1.165, 1.54) is 24.1 Å². The van der Waals surface area contributed by atoms with E-state index in [0.717, 1.165) is 32.4 Å². The van der Waals surface area contributed by atoms with Crippen LogP contribution in [0, 0.1) is 0 Å². The average molecular weight is 264 g/mol. The standard InChI is InChI=1S/C16H28N2O/c1-2-11-18(12-5-3-4-6-13-19)16-9-7-15(14-17)8-10-16/h7-10,19H,2-6,11-14,17H2,1H3. The quantitative estimate of drug-likeness (QED) is 0.639. The fourth-order valence-corrected chi connectivity index (χ4v) is 2.25. The molecule has 0 aliphatic heterocycles. The molecule has 0 radical (unpaired) electrons. The maximum atomic E-state index is 8.77. The van der Waals surface area contributed by atoms with Gasteiger partial charge in [0, 0.05) is 31.9 Å². The zero-order valence-electron chi connectivity index (χ0n) is 12.1. The minimum absolute atomic E-state index is 0.319. The van der Waals surface area contributed by atoms with Crippen LogP contribution in [0.4, 0.5) is 5.69 Å². The predicted octanol–water partition coefficient (Wildman–Crippen LogP) is 2.91. The van der Waals surface area contributed by atoms with Crippen LogP contribution >= 0.6 is 0 Å². The second kappa shape index (κ2) is 9.82. The molecule has 19 heavy (non-hydrogen) atoms. The Bertz CT molecular complexity index is 324. The topological polar surface area (TPSA) is 49.5 Å². The molecule has 0 spiro atoms. The Morgan fingerprint density at radius 1 is 1.00 bits per heavy atom. The predicted molar refractivity (Wildman–Crippen MR) is 82.4 cm³/mol. The smallest absolute Gasteiger partial charge is 0.0431 e. The van der Waals surface area contributed by atoms with Crippen LogP contribution in [0.1, 0.15) is 44.6 Å². The molecule has 1 aromatic carbocycles. The van der Waals surface area contributed by atoms with Crippen molar-refractivity contribution in [3.05, 3.63) is 29.8 Å². The van der Waals surface area contributed by atoms with Gasteiger partial charge in [-0.2, -0.15) is 0 Å². The Hall–Kier alpha value is -1.06. The Balaban J connectivity index is 2.45. The molecule has 3 nitrogen and oxygen atoms in total. The fraction of sp³-hybridized carbons (Fsp3) is 0.625. The molecule has 0 atom stereocenters. The van der Waals surface area contributed by atoms with Gasteiger partial charge in [-0.15, -0.1) is 0 Å². The van der Waals surface area contributed by atoms with E-state index >= 15 is 0 Å². The van der Waals surface area contributed by atoms with Crippen LogP contribution in [0.5, 0.6) is 0 Å². The Kier molecular flexibility index (Phi) is 8.26. The summed E-state index contributed by atoms with van der Waals surface area (Å²) in [6.07, 6.45) is 5.61. The molecular formula is C16H28N2O. The van der Waals surface area contributed by atoms with Gasteiger partial charge in [-0.1, -0.05) is 31.9 Å². The molecule has 3 heteroatoms. The van der Waals surface area contributed by atoms with E-state index in [1.807, 2.05) is 0 Å². The monoisotopic (exact) mass is 264 g/mol. The number of benzene rings is 1. The molecule has 3 N–H and O–H groups in total. The van der Waals surface area contributed by atoms with Crippen LogP contribution in [0.25, 0.3) is 0 Å². The SMILES string of the molecule is CCCN(CCCCCCO)c1ccc(CN)cc1. The van der Waals surface area contributed by atoms with Gasteiger partial charge >= 0.3 is 0 Å². The molecule has 0 saturated carbocycles. The van der Waals surface area contributed by atoms with Crippen molar-refractivity contribution in [3.8, 4) is 0 Å². The first-order valence-corrected chi connectivity index (χ1v) is 7.46. The fourth-order valence-electron chi connectivity index (χ4n) is 2.25. The molecular weight excluding hydrogens is 236 g/mol. The summed E-state index contributed by atoms with van der Waals surface area (Å²) in [5, 5.41) is 8.77. The summed E-state index contributed by atoms with van der Waals surface area (Å²) in [5.74, 6) is 0. The molecule has 1 rings (SSSR count). The number of aliphatic hydroxyl groups excluding tert-OH is 1. The van der Waals surface area contributed by atoms with Crippen molar-refractivity contribution in [3.63, 3.8) is 0 Å². The van der Waals surface area contributed by atoms with Gasteiger partial charge in [-0.25, -0.2) is 0 Å². The van der Waals surface area contributed by atoms with E-state index in [-0.39, 0.29) is 0 Å². The van der Waals surface area contributed by atoms with Crippen molar-refractivity contribution in [1.29, 1.82) is 0 Å². The third-order valence-corrected chi connectivity index (χ3v) is 3.37. The zero-order chi connectivity index (χ0) is 13.9. The second-order valence-electron chi connectivity index (χ2n) is 5.00. The number of rotatable bonds is 10. The van der Waals surface area contributed by atoms with Crippen LogP contribution in [0.2, 0.25) is 0 Å². The van der Waals surface area contributed by atoms with E-state index in [2.05, 4.69) is 36.1 Å². The molecule has 0 bridgehead atoms. The van der Waals surface area contributed by atoms with Crippen molar-refractivity contribution >= 4 is 5.69 Å². The van der Waals surface area contributed by atoms with Crippen molar-refractivity contribution in [2.24, 2.45) is 5.73 Å². The first-order chi connectivity index (χ1) is 9.31. The van der Waals surface area contributed by atoms with Gasteiger partial charge in [0.25, 0.3) is 0 Å². The summed E-state index contributed by atoms with van der Waals surface area (Å²) in [6, 6.07) is 8.57. The minimum atomic E-state index is 0.319. The largest absolute Gasteiger partial charge is 0.396 e. The highest BCUT2D eigenvalue weighted by molar-refractivity contribution is 5.47. The average Bonchev–Trinajstić information content (AvgIpc) is 2.46. The molecule has 0 heterocycles. The van der Waals surface area contributed by atoms with E-state index in [9.17, 15) is 0 Å². The van der Waals surface area contributed by atoms with E-state index < -0.39 is 0 Å². The molecule has 0 aliphatic carbocycles. The lowest BCUT2D eigenvalue weighted by Crippen LogP contribution is -2.25. The molecule has 0 aromatic heterocycles. The van der Waals surface area contributed by atoms with Crippen LogP contribution in [-0.2, 0) is 6.54 Å². The van der Waals surface area contributed by atoms with Crippen molar-refractivity contribution in [2.75, 3.05) is 24.6 Å². The van der Waals surface area contributed by atoms with Gasteiger partial charge in [0.2, 0.25) is 0 Å². The number of nitrogens with two attached hydrogens (primary N) is 1. The van der Waals surface area contributed by atoms with Crippen LogP contribution in [-0.4, -0.2) is 24.8 Å². The molecule has 0 fully saturated rings.